The number of nitrogens with one attached hydrogen (secondary N) is 1. The second kappa shape index (κ2) is 10.7. The summed E-state index contributed by atoms with van der Waals surface area (Å²) in [7, 11) is 0. The topological polar surface area (TPSA) is 52.7 Å². The first-order valence-electron chi connectivity index (χ1n) is 12.2. The zero-order valence-electron chi connectivity index (χ0n) is 19.1. The molecule has 2 amide bonds. The Morgan fingerprint density at radius 1 is 0.906 bits per heavy atom. The summed E-state index contributed by atoms with van der Waals surface area (Å²) in [5.74, 6) is 0.499. The monoisotopic (exact) mass is 433 g/mol. The zero-order valence-corrected chi connectivity index (χ0v) is 19.1. The van der Waals surface area contributed by atoms with Crippen LogP contribution >= 0.6 is 0 Å². The number of anilines is 2. The standard InChI is InChI=1S/C27H35N3O2/c1-2-25(21-9-5-3-6-10-21)26(31)28-23-13-15-24(16-14-23)29-17-19-30(20-18-29)27(32)22-11-7-4-8-12-22/h3,5-6,9-10,13-16,22,25H,2,4,7-8,11-12,17-20H2,1H3,(H,28,31). The van der Waals surface area contributed by atoms with Gasteiger partial charge in [-0.2, -0.15) is 0 Å². The Labute approximate surface area is 191 Å². The highest BCUT2D eigenvalue weighted by molar-refractivity contribution is 5.96. The van der Waals surface area contributed by atoms with E-state index in [4.69, 9.17) is 0 Å². The van der Waals surface area contributed by atoms with E-state index in [1.165, 1.54) is 19.3 Å². The zero-order chi connectivity index (χ0) is 22.3. The van der Waals surface area contributed by atoms with Crippen LogP contribution in [0, 0.1) is 5.92 Å². The van der Waals surface area contributed by atoms with E-state index in [9.17, 15) is 9.59 Å². The molecule has 170 valence electrons. The van der Waals surface area contributed by atoms with Crippen molar-refractivity contribution in [2.45, 2.75) is 51.4 Å². The first-order valence-corrected chi connectivity index (χ1v) is 12.2. The van der Waals surface area contributed by atoms with Crippen molar-refractivity contribution in [1.82, 2.24) is 4.90 Å². The molecule has 5 nitrogen and oxygen atoms in total. The van der Waals surface area contributed by atoms with Crippen molar-refractivity contribution in [3.05, 3.63) is 60.2 Å². The predicted octanol–water partition coefficient (Wildman–Crippen LogP) is 5.05. The molecule has 2 aliphatic rings. The van der Waals surface area contributed by atoms with Crippen LogP contribution in [0.15, 0.2) is 54.6 Å². The maximum absolute atomic E-state index is 12.8. The molecular formula is C27H35N3O2. The van der Waals surface area contributed by atoms with Crippen LogP contribution in [0.5, 0.6) is 0 Å². The van der Waals surface area contributed by atoms with Crippen LogP contribution in [0.25, 0.3) is 0 Å². The molecule has 4 rings (SSSR count). The third-order valence-corrected chi connectivity index (χ3v) is 6.97. The maximum Gasteiger partial charge on any atom is 0.231 e. The molecule has 1 aliphatic heterocycles. The number of rotatable bonds is 6. The molecule has 2 aromatic rings. The Kier molecular flexibility index (Phi) is 7.46. The van der Waals surface area contributed by atoms with Crippen molar-refractivity contribution in [3.8, 4) is 0 Å². The normalized spacial score (nSPS) is 18.3. The second-order valence-electron chi connectivity index (χ2n) is 9.05. The van der Waals surface area contributed by atoms with E-state index in [2.05, 4.69) is 27.2 Å². The van der Waals surface area contributed by atoms with E-state index in [-0.39, 0.29) is 17.7 Å². The highest BCUT2D eigenvalue weighted by atomic mass is 16.2. The van der Waals surface area contributed by atoms with Gasteiger partial charge >= 0.3 is 0 Å². The Morgan fingerprint density at radius 2 is 1.56 bits per heavy atom. The van der Waals surface area contributed by atoms with E-state index in [1.54, 1.807) is 0 Å². The molecule has 2 aromatic carbocycles. The van der Waals surface area contributed by atoms with Gasteiger partial charge in [-0.1, -0.05) is 56.5 Å². The third kappa shape index (κ3) is 5.32. The average Bonchev–Trinajstić information content (AvgIpc) is 2.86. The number of piperazine rings is 1. The van der Waals surface area contributed by atoms with E-state index in [0.29, 0.717) is 5.91 Å². The van der Waals surface area contributed by atoms with Gasteiger partial charge in [0.25, 0.3) is 0 Å². The van der Waals surface area contributed by atoms with Gasteiger partial charge in [-0.05, 0) is 49.1 Å². The van der Waals surface area contributed by atoms with Gasteiger partial charge in [-0.25, -0.2) is 0 Å². The van der Waals surface area contributed by atoms with Crippen molar-refractivity contribution in [1.29, 1.82) is 0 Å². The first kappa shape index (κ1) is 22.4. The van der Waals surface area contributed by atoms with Crippen molar-refractivity contribution in [2.24, 2.45) is 5.92 Å². The van der Waals surface area contributed by atoms with Crippen molar-refractivity contribution in [2.75, 3.05) is 36.4 Å². The summed E-state index contributed by atoms with van der Waals surface area (Å²) in [6.07, 6.45) is 6.56. The summed E-state index contributed by atoms with van der Waals surface area (Å²) in [5, 5.41) is 3.07. The molecule has 1 heterocycles. The molecule has 5 heteroatoms. The lowest BCUT2D eigenvalue weighted by atomic mass is 9.88. The van der Waals surface area contributed by atoms with Crippen LogP contribution < -0.4 is 10.2 Å². The Bertz CT molecular complexity index is 883. The average molecular weight is 434 g/mol. The molecule has 2 fully saturated rings. The van der Waals surface area contributed by atoms with Gasteiger partial charge in [0.1, 0.15) is 0 Å². The Balaban J connectivity index is 1.30. The summed E-state index contributed by atoms with van der Waals surface area (Å²) in [4.78, 5) is 30.0. The van der Waals surface area contributed by atoms with Gasteiger partial charge in [0.2, 0.25) is 11.8 Å². The number of carbonyl (C=O) groups excluding carboxylic acids is 2. The minimum Gasteiger partial charge on any atom is -0.368 e. The first-order chi connectivity index (χ1) is 15.7. The van der Waals surface area contributed by atoms with Crippen LogP contribution in [-0.4, -0.2) is 42.9 Å². The summed E-state index contributed by atoms with van der Waals surface area (Å²) in [5.41, 5.74) is 3.01. The fraction of sp³-hybridized carbons (Fsp3) is 0.481. The number of carbonyl (C=O) groups is 2. The lowest BCUT2D eigenvalue weighted by Gasteiger charge is -2.38. The summed E-state index contributed by atoms with van der Waals surface area (Å²) in [6, 6.07) is 18.0. The van der Waals surface area contributed by atoms with E-state index in [0.717, 1.165) is 62.4 Å². The molecule has 1 N–H and O–H groups in total. The van der Waals surface area contributed by atoms with Gasteiger partial charge in [0.05, 0.1) is 5.92 Å². The van der Waals surface area contributed by atoms with Gasteiger partial charge in [-0.3, -0.25) is 9.59 Å². The van der Waals surface area contributed by atoms with Gasteiger partial charge < -0.3 is 15.1 Å². The molecule has 1 saturated carbocycles. The van der Waals surface area contributed by atoms with Crippen molar-refractivity contribution < 1.29 is 9.59 Å². The summed E-state index contributed by atoms with van der Waals surface area (Å²) < 4.78 is 0. The fourth-order valence-corrected chi connectivity index (χ4v) is 5.04. The van der Waals surface area contributed by atoms with Gasteiger partial charge in [-0.15, -0.1) is 0 Å². The second-order valence-corrected chi connectivity index (χ2v) is 9.05. The minimum atomic E-state index is -0.148. The lowest BCUT2D eigenvalue weighted by Crippen LogP contribution is -2.50. The SMILES string of the molecule is CCC(C(=O)Nc1ccc(N2CCN(C(=O)C3CCCCC3)CC2)cc1)c1ccccc1. The number of hydrogen-bond donors (Lipinski definition) is 1. The fourth-order valence-electron chi connectivity index (χ4n) is 5.04. The third-order valence-electron chi connectivity index (χ3n) is 6.97. The van der Waals surface area contributed by atoms with Crippen LogP contribution in [0.3, 0.4) is 0 Å². The van der Waals surface area contributed by atoms with Crippen LogP contribution in [-0.2, 0) is 9.59 Å². The molecular weight excluding hydrogens is 398 g/mol. The molecule has 1 aliphatic carbocycles. The van der Waals surface area contributed by atoms with E-state index < -0.39 is 0 Å². The highest BCUT2D eigenvalue weighted by Gasteiger charge is 2.28. The van der Waals surface area contributed by atoms with Gasteiger partial charge in [0.15, 0.2) is 0 Å². The number of hydrogen-bond acceptors (Lipinski definition) is 3. The minimum absolute atomic E-state index is 0.0290. The number of amides is 2. The molecule has 1 atom stereocenters. The largest absolute Gasteiger partial charge is 0.368 e. The molecule has 0 aromatic heterocycles. The highest BCUT2D eigenvalue weighted by Crippen LogP contribution is 2.27. The van der Waals surface area contributed by atoms with Crippen LogP contribution in [0.2, 0.25) is 0 Å². The Hall–Kier alpha value is -2.82. The summed E-state index contributed by atoms with van der Waals surface area (Å²) in [6.45, 7) is 5.34. The van der Waals surface area contributed by atoms with Gasteiger partial charge in [0, 0.05) is 43.5 Å². The van der Waals surface area contributed by atoms with Crippen LogP contribution in [0.1, 0.15) is 56.9 Å². The molecule has 0 bridgehead atoms. The van der Waals surface area contributed by atoms with Crippen LogP contribution in [0.4, 0.5) is 11.4 Å². The Morgan fingerprint density at radius 3 is 2.19 bits per heavy atom. The van der Waals surface area contributed by atoms with Crippen molar-refractivity contribution in [3.63, 3.8) is 0 Å². The molecule has 0 spiro atoms. The quantitative estimate of drug-likeness (QED) is 0.694. The number of benzene rings is 2. The lowest BCUT2D eigenvalue weighted by molar-refractivity contribution is -0.136. The number of nitrogens with zero attached hydrogens (tertiary/aromatic N) is 2. The molecule has 32 heavy (non-hydrogen) atoms. The summed E-state index contributed by atoms with van der Waals surface area (Å²) >= 11 is 0. The molecule has 0 radical (unpaired) electrons. The van der Waals surface area contributed by atoms with E-state index in [1.807, 2.05) is 49.4 Å². The molecule has 1 saturated heterocycles. The maximum atomic E-state index is 12.8. The molecule has 1 unspecified atom stereocenters. The smallest absolute Gasteiger partial charge is 0.231 e. The van der Waals surface area contributed by atoms with Crippen molar-refractivity contribution >= 4 is 23.2 Å². The van der Waals surface area contributed by atoms with E-state index >= 15 is 0 Å². The predicted molar refractivity (Wildman–Crippen MR) is 130 cm³/mol.